The quantitative estimate of drug-likeness (QED) is 0.467. The van der Waals surface area contributed by atoms with Gasteiger partial charge >= 0.3 is 0 Å². The molecule has 2 saturated heterocycles. The van der Waals surface area contributed by atoms with Crippen molar-refractivity contribution in [3.8, 4) is 0 Å². The summed E-state index contributed by atoms with van der Waals surface area (Å²) in [5.74, 6) is 0. The fraction of sp³-hybridized carbons (Fsp3) is 0.625. The van der Waals surface area contributed by atoms with Crippen LogP contribution in [0, 0.1) is 0 Å². The Morgan fingerprint density at radius 3 is 2.47 bits per heavy atom. The van der Waals surface area contributed by atoms with Crippen LogP contribution >= 0.6 is 11.6 Å². The van der Waals surface area contributed by atoms with Crippen molar-refractivity contribution in [2.24, 2.45) is 0 Å². The van der Waals surface area contributed by atoms with Crippen molar-refractivity contribution >= 4 is 11.6 Å². The molecule has 2 aliphatic rings. The lowest BCUT2D eigenvalue weighted by atomic mass is 10.1. The molecular weight excluding hydrogens is 256 g/mol. The summed E-state index contributed by atoms with van der Waals surface area (Å²) in [6, 6.07) is 10.8. The average molecular weight is 280 g/mol. The van der Waals surface area contributed by atoms with Gasteiger partial charge in [-0.3, -0.25) is 4.90 Å². The van der Waals surface area contributed by atoms with Gasteiger partial charge in [0, 0.05) is 32.5 Å². The van der Waals surface area contributed by atoms with Gasteiger partial charge in [0.2, 0.25) is 0 Å². The van der Waals surface area contributed by atoms with E-state index in [-0.39, 0.29) is 0 Å². The van der Waals surface area contributed by atoms with E-state index in [1.54, 1.807) is 0 Å². The number of rotatable bonds is 3. The molecule has 0 amide bonds. The van der Waals surface area contributed by atoms with Gasteiger partial charge in [-0.15, -0.1) is 0 Å². The molecular formula is C16H24ClN2+. The Morgan fingerprint density at radius 1 is 1.11 bits per heavy atom. The van der Waals surface area contributed by atoms with Gasteiger partial charge in [0.25, 0.3) is 0 Å². The molecule has 0 aliphatic carbocycles. The van der Waals surface area contributed by atoms with Crippen molar-refractivity contribution in [1.29, 1.82) is 0 Å². The van der Waals surface area contributed by atoms with Crippen LogP contribution in [0.2, 0.25) is 0 Å². The molecule has 2 heterocycles. The van der Waals surface area contributed by atoms with Crippen LogP contribution in [0.15, 0.2) is 30.3 Å². The highest BCUT2D eigenvalue weighted by Gasteiger charge is 2.42. The number of quaternary nitrogens is 1. The Bertz CT molecular complexity index is 398. The van der Waals surface area contributed by atoms with Crippen LogP contribution < -0.4 is 0 Å². The van der Waals surface area contributed by atoms with Crippen molar-refractivity contribution in [2.45, 2.75) is 24.8 Å². The molecule has 2 aliphatic heterocycles. The molecule has 1 atom stereocenters. The molecule has 2 nitrogen and oxygen atoms in total. The smallest absolute Gasteiger partial charge is 0.165 e. The van der Waals surface area contributed by atoms with Crippen molar-refractivity contribution in [1.82, 2.24) is 4.90 Å². The fourth-order valence-corrected chi connectivity index (χ4v) is 4.00. The lowest BCUT2D eigenvalue weighted by Gasteiger charge is -2.44. The molecule has 1 aromatic carbocycles. The molecule has 19 heavy (non-hydrogen) atoms. The normalized spacial score (nSPS) is 26.9. The van der Waals surface area contributed by atoms with Crippen LogP contribution in [-0.2, 0) is 6.42 Å². The summed E-state index contributed by atoms with van der Waals surface area (Å²) in [6.45, 7) is 7.44. The molecule has 3 heteroatoms. The van der Waals surface area contributed by atoms with Gasteiger partial charge in [-0.05, 0) is 12.0 Å². The van der Waals surface area contributed by atoms with E-state index in [9.17, 15) is 0 Å². The van der Waals surface area contributed by atoms with Gasteiger partial charge in [-0.2, -0.15) is 0 Å². The van der Waals surface area contributed by atoms with Crippen LogP contribution in [-0.4, -0.2) is 54.2 Å². The standard InChI is InChI=1S/C16H24ClN2/c17-16-7-4-12-19(16)13-10-18(11-14-19)9-8-15-5-2-1-3-6-15/h1-3,5-6,16H,4,7-14H2/q+1. The predicted molar refractivity (Wildman–Crippen MR) is 80.3 cm³/mol. The third kappa shape index (κ3) is 2.96. The van der Waals surface area contributed by atoms with Gasteiger partial charge in [-0.1, -0.05) is 41.9 Å². The second-order valence-corrected chi connectivity index (χ2v) is 6.55. The number of alkyl halides is 1. The SMILES string of the molecule is ClC1CCC[N+]12CCN(CCc1ccccc1)CC2. The molecule has 3 rings (SSSR count). The molecule has 0 N–H and O–H groups in total. The molecule has 0 bridgehead atoms. The van der Waals surface area contributed by atoms with Crippen LogP contribution in [0.1, 0.15) is 18.4 Å². The third-order valence-corrected chi connectivity index (χ3v) is 5.55. The van der Waals surface area contributed by atoms with Crippen molar-refractivity contribution < 1.29 is 4.48 Å². The zero-order valence-corrected chi connectivity index (χ0v) is 12.4. The number of halogens is 1. The summed E-state index contributed by atoms with van der Waals surface area (Å²) in [7, 11) is 0. The maximum Gasteiger partial charge on any atom is 0.165 e. The van der Waals surface area contributed by atoms with Crippen molar-refractivity contribution in [2.75, 3.05) is 39.3 Å². The lowest BCUT2D eigenvalue weighted by molar-refractivity contribution is -0.931. The molecule has 0 saturated carbocycles. The molecule has 1 unspecified atom stereocenters. The van der Waals surface area contributed by atoms with Crippen LogP contribution in [0.5, 0.6) is 0 Å². The number of nitrogens with zero attached hydrogens (tertiary/aromatic N) is 2. The predicted octanol–water partition coefficient (Wildman–Crippen LogP) is 2.72. The van der Waals surface area contributed by atoms with Gasteiger partial charge in [0.05, 0.1) is 19.6 Å². The Balaban J connectivity index is 1.48. The van der Waals surface area contributed by atoms with E-state index in [1.165, 1.54) is 68.6 Å². The fourth-order valence-electron chi connectivity index (χ4n) is 3.55. The summed E-state index contributed by atoms with van der Waals surface area (Å²) in [5, 5.41) is 0. The van der Waals surface area contributed by atoms with Crippen LogP contribution in [0.4, 0.5) is 0 Å². The highest BCUT2D eigenvalue weighted by Crippen LogP contribution is 2.31. The highest BCUT2D eigenvalue weighted by molar-refractivity contribution is 6.19. The second-order valence-electron chi connectivity index (χ2n) is 6.04. The van der Waals surface area contributed by atoms with Crippen LogP contribution in [0.3, 0.4) is 0 Å². The second kappa shape index (κ2) is 5.82. The van der Waals surface area contributed by atoms with E-state index >= 15 is 0 Å². The van der Waals surface area contributed by atoms with E-state index < -0.39 is 0 Å². The van der Waals surface area contributed by atoms with E-state index in [4.69, 9.17) is 11.6 Å². The summed E-state index contributed by atoms with van der Waals surface area (Å²) >= 11 is 6.52. The third-order valence-electron chi connectivity index (χ3n) is 4.92. The molecule has 1 aromatic rings. The first-order valence-electron chi connectivity index (χ1n) is 7.55. The zero-order chi connectivity index (χ0) is 13.1. The minimum atomic E-state index is 0.385. The molecule has 0 aromatic heterocycles. The summed E-state index contributed by atoms with van der Waals surface area (Å²) in [4.78, 5) is 2.61. The number of hydrogen-bond acceptors (Lipinski definition) is 1. The van der Waals surface area contributed by atoms with Gasteiger partial charge in [0.15, 0.2) is 5.50 Å². The minimum Gasteiger partial charge on any atom is -0.306 e. The highest BCUT2D eigenvalue weighted by atomic mass is 35.5. The first kappa shape index (κ1) is 13.4. The first-order chi connectivity index (χ1) is 9.28. The monoisotopic (exact) mass is 279 g/mol. The Hall–Kier alpha value is -0.570. The van der Waals surface area contributed by atoms with E-state index in [0.29, 0.717) is 5.50 Å². The maximum absolute atomic E-state index is 6.52. The Morgan fingerprint density at radius 2 is 1.84 bits per heavy atom. The maximum atomic E-state index is 6.52. The molecule has 2 fully saturated rings. The van der Waals surface area contributed by atoms with E-state index in [1.807, 2.05) is 0 Å². The van der Waals surface area contributed by atoms with Gasteiger partial charge in [0.1, 0.15) is 0 Å². The Kier molecular flexibility index (Phi) is 4.11. The number of piperazine rings is 1. The van der Waals surface area contributed by atoms with E-state index in [2.05, 4.69) is 35.2 Å². The number of benzene rings is 1. The lowest BCUT2D eigenvalue weighted by Crippen LogP contribution is -2.60. The summed E-state index contributed by atoms with van der Waals surface area (Å²) in [6.07, 6.45) is 3.70. The summed E-state index contributed by atoms with van der Waals surface area (Å²) < 4.78 is 1.18. The first-order valence-corrected chi connectivity index (χ1v) is 7.98. The molecule has 0 radical (unpaired) electrons. The van der Waals surface area contributed by atoms with Crippen molar-refractivity contribution in [3.05, 3.63) is 35.9 Å². The largest absolute Gasteiger partial charge is 0.306 e. The zero-order valence-electron chi connectivity index (χ0n) is 11.6. The van der Waals surface area contributed by atoms with Crippen molar-refractivity contribution in [3.63, 3.8) is 0 Å². The Labute approximate surface area is 121 Å². The van der Waals surface area contributed by atoms with Gasteiger partial charge < -0.3 is 4.48 Å². The van der Waals surface area contributed by atoms with Crippen LogP contribution in [0.25, 0.3) is 0 Å². The van der Waals surface area contributed by atoms with Gasteiger partial charge in [-0.25, -0.2) is 0 Å². The summed E-state index contributed by atoms with van der Waals surface area (Å²) in [5.41, 5.74) is 1.84. The molecule has 104 valence electrons. The van der Waals surface area contributed by atoms with E-state index in [0.717, 1.165) is 0 Å². The molecule has 1 spiro atoms. The average Bonchev–Trinajstić information content (AvgIpc) is 2.81. The topological polar surface area (TPSA) is 3.24 Å². The minimum absolute atomic E-state index is 0.385. The number of hydrogen-bond donors (Lipinski definition) is 0.